The average Bonchev–Trinajstić information content (AvgIpc) is 3.34. The molecule has 4 nitrogen and oxygen atoms in total. The highest BCUT2D eigenvalue weighted by molar-refractivity contribution is 5.32. The fraction of sp³-hybridized carbons (Fsp3) is 0.385. The topological polar surface area (TPSA) is 31.6 Å². The molecule has 5 rings (SSSR count). The van der Waals surface area contributed by atoms with Gasteiger partial charge in [-0.25, -0.2) is 0 Å². The summed E-state index contributed by atoms with van der Waals surface area (Å²) >= 11 is 0. The molecule has 0 radical (unpaired) electrons. The van der Waals surface area contributed by atoms with Crippen LogP contribution in [0.15, 0.2) is 72.9 Å². The zero-order valence-corrected chi connectivity index (χ0v) is 17.5. The second-order valence-corrected chi connectivity index (χ2v) is 8.84. The van der Waals surface area contributed by atoms with Gasteiger partial charge in [0.2, 0.25) is 0 Å². The summed E-state index contributed by atoms with van der Waals surface area (Å²) in [5.41, 5.74) is 5.11. The van der Waals surface area contributed by atoms with Crippen molar-refractivity contribution >= 4 is 0 Å². The zero-order chi connectivity index (χ0) is 20.3. The molecule has 1 N–H and O–H groups in total. The van der Waals surface area contributed by atoms with Gasteiger partial charge in [-0.3, -0.25) is 9.80 Å². The van der Waals surface area contributed by atoms with E-state index in [1.165, 1.54) is 29.7 Å². The van der Waals surface area contributed by atoms with Crippen LogP contribution in [0.5, 0.6) is 0 Å². The summed E-state index contributed by atoms with van der Waals surface area (Å²) in [4.78, 5) is 4.81. The van der Waals surface area contributed by atoms with E-state index >= 15 is 0 Å². The molecule has 3 heterocycles. The fourth-order valence-corrected chi connectivity index (χ4v) is 5.01. The Hall–Kier alpha value is -2.40. The lowest BCUT2D eigenvalue weighted by Crippen LogP contribution is -2.39. The van der Waals surface area contributed by atoms with E-state index in [1.807, 2.05) is 6.07 Å². The first-order valence-electron chi connectivity index (χ1n) is 11.2. The summed E-state index contributed by atoms with van der Waals surface area (Å²) in [6.45, 7) is 5.10. The quantitative estimate of drug-likeness (QED) is 0.670. The molecule has 0 spiro atoms. The molecule has 1 unspecified atom stereocenters. The standard InChI is InChI=1S/C26H31N3O/c30-26-25-11-5-4-9-23(25)19-29(26)18-22-12-15-27(16-13-22)20-28-14-6-10-24(28)17-21-7-2-1-3-8-21/h1-11,14,22,26,30H,12-13,15-20H2. The highest BCUT2D eigenvalue weighted by Crippen LogP contribution is 2.33. The number of hydrogen-bond acceptors (Lipinski definition) is 3. The Morgan fingerprint density at radius 1 is 0.867 bits per heavy atom. The molecule has 1 atom stereocenters. The maximum absolute atomic E-state index is 10.7. The summed E-state index contributed by atoms with van der Waals surface area (Å²) < 4.78 is 2.40. The van der Waals surface area contributed by atoms with Crippen molar-refractivity contribution in [2.24, 2.45) is 5.92 Å². The van der Waals surface area contributed by atoms with Gasteiger partial charge >= 0.3 is 0 Å². The number of hydrogen-bond donors (Lipinski definition) is 1. The van der Waals surface area contributed by atoms with Gasteiger partial charge in [0.25, 0.3) is 0 Å². The van der Waals surface area contributed by atoms with Crippen molar-refractivity contribution in [2.45, 2.75) is 38.7 Å². The second kappa shape index (κ2) is 8.76. The van der Waals surface area contributed by atoms with Crippen LogP contribution in [0.3, 0.4) is 0 Å². The van der Waals surface area contributed by atoms with Crippen molar-refractivity contribution in [3.63, 3.8) is 0 Å². The molecule has 4 heteroatoms. The van der Waals surface area contributed by atoms with Crippen molar-refractivity contribution in [1.29, 1.82) is 0 Å². The molecule has 1 fully saturated rings. The molecule has 0 aliphatic carbocycles. The van der Waals surface area contributed by atoms with Crippen LogP contribution in [0.25, 0.3) is 0 Å². The van der Waals surface area contributed by atoms with Crippen molar-refractivity contribution in [3.05, 3.63) is 95.3 Å². The monoisotopic (exact) mass is 401 g/mol. The lowest BCUT2D eigenvalue weighted by Gasteiger charge is -2.35. The van der Waals surface area contributed by atoms with E-state index in [9.17, 15) is 5.11 Å². The molecule has 1 aromatic heterocycles. The Kier molecular flexibility index (Phi) is 5.71. The Morgan fingerprint density at radius 2 is 1.63 bits per heavy atom. The number of aromatic nitrogens is 1. The lowest BCUT2D eigenvalue weighted by molar-refractivity contribution is -0.00507. The predicted octanol–water partition coefficient (Wildman–Crippen LogP) is 4.26. The van der Waals surface area contributed by atoms with E-state index in [2.05, 4.69) is 81.2 Å². The van der Waals surface area contributed by atoms with E-state index < -0.39 is 6.23 Å². The van der Waals surface area contributed by atoms with E-state index in [1.54, 1.807) is 0 Å². The molecule has 3 aromatic rings. The van der Waals surface area contributed by atoms with Crippen LogP contribution in [0.1, 0.15) is 41.5 Å². The molecule has 2 aliphatic heterocycles. The van der Waals surface area contributed by atoms with Crippen molar-refractivity contribution in [2.75, 3.05) is 19.6 Å². The summed E-state index contributed by atoms with van der Waals surface area (Å²) in [6.07, 6.45) is 5.17. The van der Waals surface area contributed by atoms with E-state index in [4.69, 9.17) is 0 Å². The number of aliphatic hydroxyl groups excluding tert-OH is 1. The highest BCUT2D eigenvalue weighted by atomic mass is 16.3. The predicted molar refractivity (Wildman–Crippen MR) is 120 cm³/mol. The third-order valence-electron chi connectivity index (χ3n) is 6.76. The number of fused-ring (bicyclic) bond motifs is 1. The summed E-state index contributed by atoms with van der Waals surface area (Å²) in [5.74, 6) is 0.665. The maximum atomic E-state index is 10.7. The molecular weight excluding hydrogens is 370 g/mol. The van der Waals surface area contributed by atoms with Gasteiger partial charge in [0.15, 0.2) is 0 Å². The van der Waals surface area contributed by atoms with Gasteiger partial charge in [0.1, 0.15) is 6.23 Å². The fourth-order valence-electron chi connectivity index (χ4n) is 5.01. The minimum Gasteiger partial charge on any atom is -0.374 e. The van der Waals surface area contributed by atoms with Crippen molar-refractivity contribution in [3.8, 4) is 0 Å². The van der Waals surface area contributed by atoms with Crippen LogP contribution in [0, 0.1) is 5.92 Å². The van der Waals surface area contributed by atoms with Gasteiger partial charge in [-0.05, 0) is 47.6 Å². The van der Waals surface area contributed by atoms with Crippen LogP contribution in [0.4, 0.5) is 0 Å². The molecule has 0 saturated carbocycles. The molecule has 30 heavy (non-hydrogen) atoms. The second-order valence-electron chi connectivity index (χ2n) is 8.84. The van der Waals surface area contributed by atoms with E-state index in [0.29, 0.717) is 5.92 Å². The first kappa shape index (κ1) is 19.6. The van der Waals surface area contributed by atoms with Crippen LogP contribution in [-0.4, -0.2) is 39.1 Å². The lowest BCUT2D eigenvalue weighted by atomic mass is 9.96. The summed E-state index contributed by atoms with van der Waals surface area (Å²) in [6, 6.07) is 23.4. The van der Waals surface area contributed by atoms with Crippen LogP contribution in [-0.2, 0) is 19.6 Å². The number of nitrogens with zero attached hydrogens (tertiary/aromatic N) is 3. The third-order valence-corrected chi connectivity index (χ3v) is 6.76. The highest BCUT2D eigenvalue weighted by Gasteiger charge is 2.31. The smallest absolute Gasteiger partial charge is 0.134 e. The molecule has 0 amide bonds. The maximum Gasteiger partial charge on any atom is 0.134 e. The molecule has 0 bridgehead atoms. The Morgan fingerprint density at radius 3 is 2.43 bits per heavy atom. The number of benzene rings is 2. The number of rotatable bonds is 6. The molecular formula is C26H31N3O. The zero-order valence-electron chi connectivity index (χ0n) is 17.5. The van der Waals surface area contributed by atoms with Crippen molar-refractivity contribution < 1.29 is 5.11 Å². The van der Waals surface area contributed by atoms with Crippen LogP contribution < -0.4 is 0 Å². The van der Waals surface area contributed by atoms with Gasteiger partial charge in [-0.15, -0.1) is 0 Å². The minimum absolute atomic E-state index is 0.431. The Labute approximate surface area is 179 Å². The van der Waals surface area contributed by atoms with E-state index in [0.717, 1.165) is 44.8 Å². The summed E-state index contributed by atoms with van der Waals surface area (Å²) in [5, 5.41) is 10.7. The minimum atomic E-state index is -0.431. The number of aliphatic hydroxyl groups is 1. The normalized spacial score (nSPS) is 20.5. The third kappa shape index (κ3) is 4.22. The molecule has 1 saturated heterocycles. The van der Waals surface area contributed by atoms with E-state index in [-0.39, 0.29) is 0 Å². The molecule has 2 aromatic carbocycles. The molecule has 156 valence electrons. The van der Waals surface area contributed by atoms with Gasteiger partial charge in [0.05, 0.1) is 6.67 Å². The Bertz CT molecular complexity index is 959. The average molecular weight is 402 g/mol. The molecule has 2 aliphatic rings. The summed E-state index contributed by atoms with van der Waals surface area (Å²) in [7, 11) is 0. The first-order chi connectivity index (χ1) is 14.8. The van der Waals surface area contributed by atoms with Gasteiger partial charge in [-0.2, -0.15) is 0 Å². The number of piperidine rings is 1. The number of likely N-dealkylation sites (tertiary alicyclic amines) is 1. The largest absolute Gasteiger partial charge is 0.374 e. The van der Waals surface area contributed by atoms with Crippen LogP contribution >= 0.6 is 0 Å². The van der Waals surface area contributed by atoms with Crippen LogP contribution in [0.2, 0.25) is 0 Å². The Balaban J connectivity index is 1.13. The van der Waals surface area contributed by atoms with Gasteiger partial charge in [-0.1, -0.05) is 54.6 Å². The van der Waals surface area contributed by atoms with Gasteiger partial charge in [0, 0.05) is 44.5 Å². The first-order valence-corrected chi connectivity index (χ1v) is 11.2. The SMILES string of the molecule is OC1c2ccccc2CN1CC1CCN(Cn2cccc2Cc2ccccc2)CC1. The van der Waals surface area contributed by atoms with Crippen molar-refractivity contribution in [1.82, 2.24) is 14.4 Å². The van der Waals surface area contributed by atoms with Gasteiger partial charge < -0.3 is 9.67 Å².